The Hall–Kier alpha value is -4.02. The van der Waals surface area contributed by atoms with Crippen molar-refractivity contribution >= 4 is 30.8 Å². The van der Waals surface area contributed by atoms with Crippen molar-refractivity contribution in [3.63, 3.8) is 0 Å². The minimum absolute atomic E-state index is 0.0332. The highest BCUT2D eigenvalue weighted by molar-refractivity contribution is 6.76. The average molecular weight is 546 g/mol. The second-order valence-electron chi connectivity index (χ2n) is 11.1. The zero-order valence-corrected chi connectivity index (χ0v) is 23.3. The van der Waals surface area contributed by atoms with Crippen molar-refractivity contribution in [3.8, 4) is 0 Å². The summed E-state index contributed by atoms with van der Waals surface area (Å²) in [4.78, 5) is 39.0. The van der Waals surface area contributed by atoms with Crippen LogP contribution < -0.4 is 5.76 Å². The number of para-hydroxylation sites is 1. The van der Waals surface area contributed by atoms with Crippen molar-refractivity contribution < 1.29 is 18.9 Å². The van der Waals surface area contributed by atoms with Gasteiger partial charge < -0.3 is 14.1 Å². The van der Waals surface area contributed by atoms with Gasteiger partial charge in [0.15, 0.2) is 5.58 Å². The molecule has 5 rings (SSSR count). The van der Waals surface area contributed by atoms with E-state index in [4.69, 9.17) is 9.15 Å². The van der Waals surface area contributed by atoms with Crippen molar-refractivity contribution in [1.82, 2.24) is 9.47 Å². The molecular formula is C29H31N3O6Si. The SMILES string of the molecule is C[Si](C)(C)CCOCn1c(=O)oc2cc(CN3C(=O)c4ccccc4C3Cc3ccccc3[N+](=O)[O-])ccc21. The Balaban J connectivity index is 1.40. The lowest BCUT2D eigenvalue weighted by molar-refractivity contribution is -0.385. The van der Waals surface area contributed by atoms with E-state index in [1.54, 1.807) is 35.2 Å². The third-order valence-electron chi connectivity index (χ3n) is 7.09. The van der Waals surface area contributed by atoms with E-state index in [0.717, 1.165) is 17.2 Å². The van der Waals surface area contributed by atoms with Crippen LogP contribution in [0.3, 0.4) is 0 Å². The summed E-state index contributed by atoms with van der Waals surface area (Å²) in [7, 11) is -1.24. The van der Waals surface area contributed by atoms with Crippen LogP contribution >= 0.6 is 0 Å². The fourth-order valence-electron chi connectivity index (χ4n) is 4.98. The van der Waals surface area contributed by atoms with Crippen LogP contribution in [0.1, 0.15) is 33.1 Å². The predicted molar refractivity (Wildman–Crippen MR) is 150 cm³/mol. The molecule has 1 unspecified atom stereocenters. The molecule has 1 amide bonds. The Morgan fingerprint density at radius 2 is 1.77 bits per heavy atom. The number of nitrogens with zero attached hydrogens (tertiary/aromatic N) is 3. The number of fused-ring (bicyclic) bond motifs is 2. The summed E-state index contributed by atoms with van der Waals surface area (Å²) >= 11 is 0. The highest BCUT2D eigenvalue weighted by Crippen LogP contribution is 2.38. The van der Waals surface area contributed by atoms with Crippen molar-refractivity contribution in [3.05, 3.63) is 110 Å². The molecule has 0 radical (unpaired) electrons. The molecule has 202 valence electrons. The average Bonchev–Trinajstić information content (AvgIpc) is 3.34. The molecule has 0 saturated carbocycles. The van der Waals surface area contributed by atoms with E-state index in [9.17, 15) is 19.7 Å². The standard InChI is InChI=1S/C29H31N3O6Si/c1-39(2,3)15-14-37-19-31-25-13-12-20(16-27(25)38-29(31)34)18-30-26(22-9-5-6-10-23(22)28(30)33)17-21-8-4-7-11-24(21)32(35)36/h4-13,16,26H,14-15,17-19H2,1-3H3. The van der Waals surface area contributed by atoms with Gasteiger partial charge in [0.25, 0.3) is 11.6 Å². The molecular weight excluding hydrogens is 514 g/mol. The third-order valence-corrected chi connectivity index (χ3v) is 8.80. The number of hydrogen-bond acceptors (Lipinski definition) is 6. The Bertz CT molecular complexity index is 1600. The molecule has 0 aliphatic carbocycles. The monoisotopic (exact) mass is 545 g/mol. The normalized spacial score (nSPS) is 15.2. The van der Waals surface area contributed by atoms with Gasteiger partial charge >= 0.3 is 5.76 Å². The largest absolute Gasteiger partial charge is 0.421 e. The molecule has 9 nitrogen and oxygen atoms in total. The van der Waals surface area contributed by atoms with Crippen molar-refractivity contribution in [2.24, 2.45) is 0 Å². The number of nitro benzene ring substituents is 1. The number of hydrogen-bond donors (Lipinski definition) is 0. The fraction of sp³-hybridized carbons (Fsp3) is 0.310. The second-order valence-corrected chi connectivity index (χ2v) is 16.7. The molecule has 10 heteroatoms. The quantitative estimate of drug-likeness (QED) is 0.109. The summed E-state index contributed by atoms with van der Waals surface area (Å²) in [5.41, 5.74) is 3.87. The first kappa shape index (κ1) is 26.6. The summed E-state index contributed by atoms with van der Waals surface area (Å²) in [5, 5.41) is 11.6. The van der Waals surface area contributed by atoms with Crippen molar-refractivity contribution in [2.45, 2.75) is 51.4 Å². The number of carbonyl (C=O) groups is 1. The van der Waals surface area contributed by atoms with E-state index < -0.39 is 18.8 Å². The number of ether oxygens (including phenoxy) is 1. The summed E-state index contributed by atoms with van der Waals surface area (Å²) in [6, 6.07) is 20.1. The van der Waals surface area contributed by atoms with Gasteiger partial charge in [-0.15, -0.1) is 0 Å². The molecule has 0 spiro atoms. The zero-order chi connectivity index (χ0) is 27.7. The van der Waals surface area contributed by atoms with Crippen LogP contribution in [0.25, 0.3) is 11.1 Å². The maximum atomic E-state index is 13.5. The Morgan fingerprint density at radius 3 is 2.54 bits per heavy atom. The van der Waals surface area contributed by atoms with Gasteiger partial charge in [0, 0.05) is 44.8 Å². The Kier molecular flexibility index (Phi) is 7.24. The zero-order valence-electron chi connectivity index (χ0n) is 22.3. The van der Waals surface area contributed by atoms with Crippen LogP contribution in [0, 0.1) is 10.1 Å². The molecule has 3 aromatic carbocycles. The van der Waals surface area contributed by atoms with Gasteiger partial charge in [-0.1, -0.05) is 62.1 Å². The molecule has 1 atom stereocenters. The number of oxazole rings is 1. The minimum Gasteiger partial charge on any atom is -0.408 e. The van der Waals surface area contributed by atoms with Crippen molar-refractivity contribution in [1.29, 1.82) is 0 Å². The third kappa shape index (κ3) is 5.57. The molecule has 0 saturated heterocycles. The van der Waals surface area contributed by atoms with E-state index in [1.165, 1.54) is 10.6 Å². The van der Waals surface area contributed by atoms with Crippen LogP contribution in [0.4, 0.5) is 5.69 Å². The van der Waals surface area contributed by atoms with E-state index in [2.05, 4.69) is 19.6 Å². The fourth-order valence-corrected chi connectivity index (χ4v) is 5.74. The topological polar surface area (TPSA) is 108 Å². The summed E-state index contributed by atoms with van der Waals surface area (Å²) < 4.78 is 12.7. The Morgan fingerprint density at radius 1 is 1.03 bits per heavy atom. The van der Waals surface area contributed by atoms with Crippen LogP contribution in [0.5, 0.6) is 0 Å². The smallest absolute Gasteiger partial charge is 0.408 e. The molecule has 2 heterocycles. The molecule has 39 heavy (non-hydrogen) atoms. The molecule has 4 aromatic rings. The van der Waals surface area contributed by atoms with Crippen LogP contribution in [-0.4, -0.2) is 35.0 Å². The first-order valence-electron chi connectivity index (χ1n) is 12.9. The lowest BCUT2D eigenvalue weighted by Crippen LogP contribution is -2.29. The van der Waals surface area contributed by atoms with Gasteiger partial charge in [-0.2, -0.15) is 0 Å². The van der Waals surface area contributed by atoms with Crippen LogP contribution in [-0.2, 0) is 24.4 Å². The van der Waals surface area contributed by atoms with Gasteiger partial charge in [-0.05, 0) is 35.4 Å². The molecule has 0 N–H and O–H groups in total. The number of carbonyl (C=O) groups excluding carboxylic acids is 1. The molecule has 1 aliphatic rings. The second kappa shape index (κ2) is 10.6. The van der Waals surface area contributed by atoms with E-state index >= 15 is 0 Å². The maximum Gasteiger partial charge on any atom is 0.421 e. The molecule has 1 aliphatic heterocycles. The van der Waals surface area contributed by atoms with Gasteiger partial charge in [0.1, 0.15) is 6.73 Å². The highest BCUT2D eigenvalue weighted by Gasteiger charge is 2.37. The lowest BCUT2D eigenvalue weighted by Gasteiger charge is -2.25. The first-order valence-corrected chi connectivity index (χ1v) is 16.7. The number of nitro groups is 1. The molecule has 1 aromatic heterocycles. The number of amides is 1. The Labute approximate surface area is 226 Å². The van der Waals surface area contributed by atoms with Gasteiger partial charge in [0.2, 0.25) is 0 Å². The molecule has 0 fully saturated rings. The van der Waals surface area contributed by atoms with Crippen LogP contribution in [0.2, 0.25) is 25.7 Å². The van der Waals surface area contributed by atoms with Crippen molar-refractivity contribution in [2.75, 3.05) is 6.61 Å². The van der Waals surface area contributed by atoms with E-state index in [1.807, 2.05) is 30.3 Å². The summed E-state index contributed by atoms with van der Waals surface area (Å²) in [6.07, 6.45) is 0.308. The summed E-state index contributed by atoms with van der Waals surface area (Å²) in [6.45, 7) is 7.78. The molecule has 0 bridgehead atoms. The van der Waals surface area contributed by atoms with E-state index in [0.29, 0.717) is 35.3 Å². The van der Waals surface area contributed by atoms with Gasteiger partial charge in [-0.3, -0.25) is 14.9 Å². The minimum atomic E-state index is -1.24. The van der Waals surface area contributed by atoms with Gasteiger partial charge in [-0.25, -0.2) is 9.36 Å². The first-order chi connectivity index (χ1) is 18.6. The number of benzene rings is 3. The highest BCUT2D eigenvalue weighted by atomic mass is 28.3. The van der Waals surface area contributed by atoms with E-state index in [-0.39, 0.29) is 30.9 Å². The van der Waals surface area contributed by atoms with Crippen LogP contribution in [0.15, 0.2) is 75.9 Å². The maximum absolute atomic E-state index is 13.5. The predicted octanol–water partition coefficient (Wildman–Crippen LogP) is 5.75. The lowest BCUT2D eigenvalue weighted by atomic mass is 9.97. The summed E-state index contributed by atoms with van der Waals surface area (Å²) in [5.74, 6) is -0.627. The number of rotatable bonds is 10. The number of aromatic nitrogens is 1. The van der Waals surface area contributed by atoms with Gasteiger partial charge in [0.05, 0.1) is 16.5 Å².